The van der Waals surface area contributed by atoms with Gasteiger partial charge in [0.2, 0.25) is 5.82 Å². The van der Waals surface area contributed by atoms with Crippen LogP contribution in [0.25, 0.3) is 0 Å². The molecule has 1 rings (SSSR count). The maximum atomic E-state index is 13.0. The zero-order valence-electron chi connectivity index (χ0n) is 8.24. The average Bonchev–Trinajstić information content (AvgIpc) is 2.26. The topological polar surface area (TPSA) is 113 Å². The molecule has 0 saturated carbocycles. The summed E-state index contributed by atoms with van der Waals surface area (Å²) < 4.78 is 13.0. The van der Waals surface area contributed by atoms with Crippen LogP contribution >= 0.6 is 0 Å². The molecule has 0 radical (unpaired) electrons. The number of hydrogen-bond donors (Lipinski definition) is 1. The highest BCUT2D eigenvalue weighted by molar-refractivity contribution is 5.73. The molecule has 0 amide bonds. The van der Waals surface area contributed by atoms with Gasteiger partial charge in [0, 0.05) is 6.07 Å². The fourth-order valence-electron chi connectivity index (χ4n) is 1.10. The number of nitro benzene ring substituents is 1. The van der Waals surface area contributed by atoms with E-state index in [9.17, 15) is 24.2 Å². The molecule has 9 heteroatoms. The fraction of sp³-hybridized carbons (Fsp3) is 0.125. The van der Waals surface area contributed by atoms with Crippen LogP contribution in [0.15, 0.2) is 23.5 Å². The lowest BCUT2D eigenvalue weighted by Crippen LogP contribution is -2.23. The molecule has 1 aromatic carbocycles. The maximum Gasteiger partial charge on any atom is 0.325 e. The zero-order chi connectivity index (χ0) is 13.0. The molecule has 1 N–H and O–H groups in total. The first-order valence-electron chi connectivity index (χ1n) is 4.22. The van der Waals surface area contributed by atoms with Gasteiger partial charge in [-0.2, -0.15) is 4.39 Å². The Balaban J connectivity index is 3.13. The number of aliphatic carboxylic acids is 1. The Kier molecular flexibility index (Phi) is 3.65. The Hall–Kier alpha value is -2.58. The highest BCUT2D eigenvalue weighted by Gasteiger charge is 2.19. The van der Waals surface area contributed by atoms with Crippen LogP contribution < -0.4 is 5.01 Å². The number of hydrogen-bond acceptors (Lipinski definition) is 5. The lowest BCUT2D eigenvalue weighted by Gasteiger charge is -2.11. The number of nitro groups is 1. The molecule has 8 nitrogen and oxygen atoms in total. The van der Waals surface area contributed by atoms with Crippen molar-refractivity contribution < 1.29 is 19.2 Å². The number of nitrogens with zero attached hydrogens (tertiary/aromatic N) is 3. The maximum absolute atomic E-state index is 13.0. The number of carbonyl (C=O) groups is 1. The van der Waals surface area contributed by atoms with Crippen LogP contribution in [0.4, 0.5) is 15.8 Å². The lowest BCUT2D eigenvalue weighted by molar-refractivity contribution is -0.387. The van der Waals surface area contributed by atoms with Gasteiger partial charge in [-0.1, -0.05) is 0 Å². The van der Waals surface area contributed by atoms with Crippen molar-refractivity contribution in [3.8, 4) is 0 Å². The van der Waals surface area contributed by atoms with Gasteiger partial charge in [-0.15, -0.1) is 4.91 Å². The van der Waals surface area contributed by atoms with Gasteiger partial charge in [0.05, 0.1) is 15.9 Å². The third kappa shape index (κ3) is 2.93. The summed E-state index contributed by atoms with van der Waals surface area (Å²) in [5.41, 5.74) is -1.03. The van der Waals surface area contributed by atoms with Crippen LogP contribution in [0, 0.1) is 20.8 Å². The van der Waals surface area contributed by atoms with Crippen molar-refractivity contribution in [2.45, 2.75) is 0 Å². The van der Waals surface area contributed by atoms with Crippen molar-refractivity contribution in [1.82, 2.24) is 0 Å². The molecule has 0 spiro atoms. The van der Waals surface area contributed by atoms with E-state index in [-0.39, 0.29) is 5.69 Å². The van der Waals surface area contributed by atoms with Gasteiger partial charge in [-0.05, 0) is 12.1 Å². The molecule has 0 unspecified atom stereocenters. The summed E-state index contributed by atoms with van der Waals surface area (Å²) in [6, 6.07) is 2.51. The van der Waals surface area contributed by atoms with E-state index < -0.39 is 28.9 Å². The van der Waals surface area contributed by atoms with Crippen molar-refractivity contribution in [2.24, 2.45) is 5.29 Å². The van der Waals surface area contributed by atoms with Gasteiger partial charge < -0.3 is 5.11 Å². The fourth-order valence-corrected chi connectivity index (χ4v) is 1.10. The van der Waals surface area contributed by atoms with Crippen molar-refractivity contribution in [2.75, 3.05) is 11.6 Å². The normalized spacial score (nSPS) is 9.71. The first kappa shape index (κ1) is 12.5. The number of carboxylic acids is 1. The predicted molar refractivity (Wildman–Crippen MR) is 53.8 cm³/mol. The molecule has 0 aliphatic carbocycles. The van der Waals surface area contributed by atoms with Crippen molar-refractivity contribution in [1.29, 1.82) is 0 Å². The minimum atomic E-state index is -1.35. The molecule has 17 heavy (non-hydrogen) atoms. The number of nitroso groups, excluding NO2 is 1. The summed E-state index contributed by atoms with van der Waals surface area (Å²) in [6.07, 6.45) is 0. The standard InChI is InChI=1S/C8H6FN3O5/c9-6-2-1-5(3-7(6)12(16)17)11(10-15)4-8(13)14/h1-3H,4H2,(H,13,14). The Bertz CT molecular complexity index is 478. The Morgan fingerprint density at radius 3 is 2.71 bits per heavy atom. The van der Waals surface area contributed by atoms with Crippen LogP contribution in [0.1, 0.15) is 0 Å². The molecule has 0 atom stereocenters. The van der Waals surface area contributed by atoms with Gasteiger partial charge in [-0.25, -0.2) is 5.01 Å². The van der Waals surface area contributed by atoms with Crippen molar-refractivity contribution >= 4 is 17.3 Å². The van der Waals surface area contributed by atoms with Crippen LogP contribution in [-0.4, -0.2) is 22.5 Å². The second kappa shape index (κ2) is 4.96. The second-order valence-corrected chi connectivity index (χ2v) is 2.93. The summed E-state index contributed by atoms with van der Waals surface area (Å²) in [7, 11) is 0. The summed E-state index contributed by atoms with van der Waals surface area (Å²) in [4.78, 5) is 30.2. The highest BCUT2D eigenvalue weighted by atomic mass is 19.1. The third-order valence-corrected chi connectivity index (χ3v) is 1.81. The number of halogens is 1. The molecular weight excluding hydrogens is 237 g/mol. The second-order valence-electron chi connectivity index (χ2n) is 2.93. The summed E-state index contributed by atoms with van der Waals surface area (Å²) >= 11 is 0. The first-order valence-corrected chi connectivity index (χ1v) is 4.22. The van der Waals surface area contributed by atoms with E-state index in [1.807, 2.05) is 0 Å². The van der Waals surface area contributed by atoms with Crippen LogP contribution in [0.3, 0.4) is 0 Å². The van der Waals surface area contributed by atoms with E-state index in [1.54, 1.807) is 0 Å². The van der Waals surface area contributed by atoms with Gasteiger partial charge >= 0.3 is 11.7 Å². The number of anilines is 1. The molecule has 0 aliphatic rings. The van der Waals surface area contributed by atoms with E-state index in [0.717, 1.165) is 18.2 Å². The molecule has 0 fully saturated rings. The van der Waals surface area contributed by atoms with Crippen molar-refractivity contribution in [3.05, 3.63) is 39.0 Å². The van der Waals surface area contributed by atoms with Crippen LogP contribution in [0.2, 0.25) is 0 Å². The first-order chi connectivity index (χ1) is 7.95. The highest BCUT2D eigenvalue weighted by Crippen LogP contribution is 2.24. The average molecular weight is 243 g/mol. The van der Waals surface area contributed by atoms with E-state index >= 15 is 0 Å². The minimum absolute atomic E-state index is 0.171. The lowest BCUT2D eigenvalue weighted by atomic mass is 10.2. The Labute approximate surface area is 93.4 Å². The molecule has 0 aliphatic heterocycles. The molecule has 0 aromatic heterocycles. The molecule has 0 heterocycles. The van der Waals surface area contributed by atoms with E-state index in [2.05, 4.69) is 5.29 Å². The summed E-state index contributed by atoms with van der Waals surface area (Å²) in [6.45, 7) is -0.772. The molecule has 0 bridgehead atoms. The molecular formula is C8H6FN3O5. The molecule has 0 saturated heterocycles. The largest absolute Gasteiger partial charge is 0.480 e. The van der Waals surface area contributed by atoms with Gasteiger partial charge in [0.15, 0.2) is 0 Å². The van der Waals surface area contributed by atoms with Crippen molar-refractivity contribution in [3.63, 3.8) is 0 Å². The number of benzene rings is 1. The third-order valence-electron chi connectivity index (χ3n) is 1.81. The van der Waals surface area contributed by atoms with Crippen LogP contribution in [-0.2, 0) is 4.79 Å². The monoisotopic (exact) mass is 243 g/mol. The van der Waals surface area contributed by atoms with E-state index in [4.69, 9.17) is 5.11 Å². The smallest absolute Gasteiger partial charge is 0.325 e. The summed E-state index contributed by atoms with van der Waals surface area (Å²) in [5.74, 6) is -2.43. The van der Waals surface area contributed by atoms with E-state index in [1.165, 1.54) is 0 Å². The van der Waals surface area contributed by atoms with Gasteiger partial charge in [0.25, 0.3) is 0 Å². The SMILES string of the molecule is O=NN(CC(=O)O)c1ccc(F)c([N+](=O)[O-])c1. The molecule has 1 aromatic rings. The Morgan fingerprint density at radius 1 is 1.59 bits per heavy atom. The van der Waals surface area contributed by atoms with E-state index in [0.29, 0.717) is 5.01 Å². The quantitative estimate of drug-likeness (QED) is 0.473. The number of carboxylic acid groups (broad SMARTS) is 1. The van der Waals surface area contributed by atoms with Gasteiger partial charge in [-0.3, -0.25) is 14.9 Å². The Morgan fingerprint density at radius 2 is 2.24 bits per heavy atom. The predicted octanol–water partition coefficient (Wildman–Crippen LogP) is 1.31. The zero-order valence-corrected chi connectivity index (χ0v) is 8.24. The van der Waals surface area contributed by atoms with Crippen LogP contribution in [0.5, 0.6) is 0 Å². The minimum Gasteiger partial charge on any atom is -0.480 e. The number of rotatable bonds is 5. The van der Waals surface area contributed by atoms with Gasteiger partial charge in [0.1, 0.15) is 6.54 Å². The summed E-state index contributed by atoms with van der Waals surface area (Å²) in [5, 5.41) is 21.7. The molecule has 90 valence electrons.